The van der Waals surface area contributed by atoms with E-state index in [1.165, 1.54) is 25.7 Å². The molecule has 9 heavy (non-hydrogen) atoms. The summed E-state index contributed by atoms with van der Waals surface area (Å²) in [5, 5.41) is 0. The summed E-state index contributed by atoms with van der Waals surface area (Å²) in [5.74, 6) is 0. The maximum atomic E-state index is 5.47. The van der Waals surface area contributed by atoms with Gasteiger partial charge >= 0.3 is 0 Å². The first kappa shape index (κ1) is 7.07. The smallest absolute Gasteiger partial charge is 0.0580 e. The minimum atomic E-state index is 0.671. The molecule has 2 aliphatic rings. The Balaban J connectivity index is 0.000000186. The summed E-state index contributed by atoms with van der Waals surface area (Å²) in [6, 6.07) is 0. The molecule has 0 radical (unpaired) electrons. The molecule has 2 aliphatic heterocycles. The molecule has 0 aromatic carbocycles. The molecule has 2 fully saturated rings. The lowest BCUT2D eigenvalue weighted by atomic mass is 10.0. The SMILES string of the molecule is C1CC2CCC1O2.CC. The number of fused-ring (bicyclic) bond motifs is 2. The fourth-order valence-electron chi connectivity index (χ4n) is 1.58. The highest BCUT2D eigenvalue weighted by Gasteiger charge is 2.31. The first-order valence-electron chi connectivity index (χ1n) is 4.10. The summed E-state index contributed by atoms with van der Waals surface area (Å²) in [6.07, 6.45) is 6.69. The van der Waals surface area contributed by atoms with Gasteiger partial charge < -0.3 is 4.74 Å². The third-order valence-electron chi connectivity index (χ3n) is 2.01. The fourth-order valence-corrected chi connectivity index (χ4v) is 1.58. The van der Waals surface area contributed by atoms with Gasteiger partial charge in [0.25, 0.3) is 0 Å². The average molecular weight is 128 g/mol. The van der Waals surface area contributed by atoms with Crippen molar-refractivity contribution in [1.82, 2.24) is 0 Å². The van der Waals surface area contributed by atoms with Crippen molar-refractivity contribution in [3.8, 4) is 0 Å². The van der Waals surface area contributed by atoms with Gasteiger partial charge in [0, 0.05) is 0 Å². The average Bonchev–Trinajstić information content (AvgIpc) is 2.53. The zero-order valence-corrected chi connectivity index (χ0v) is 6.39. The Morgan fingerprint density at radius 1 is 0.889 bits per heavy atom. The molecule has 0 aromatic heterocycles. The van der Waals surface area contributed by atoms with Crippen LogP contribution in [0.1, 0.15) is 39.5 Å². The summed E-state index contributed by atoms with van der Waals surface area (Å²) in [5.41, 5.74) is 0. The van der Waals surface area contributed by atoms with Gasteiger partial charge in [0.05, 0.1) is 12.2 Å². The van der Waals surface area contributed by atoms with Crippen molar-refractivity contribution >= 4 is 0 Å². The van der Waals surface area contributed by atoms with E-state index in [-0.39, 0.29) is 0 Å². The molecule has 0 amide bonds. The summed E-state index contributed by atoms with van der Waals surface area (Å²) in [4.78, 5) is 0. The van der Waals surface area contributed by atoms with Crippen molar-refractivity contribution < 1.29 is 4.74 Å². The van der Waals surface area contributed by atoms with E-state index >= 15 is 0 Å². The monoisotopic (exact) mass is 128 g/mol. The fraction of sp³-hybridized carbons (Fsp3) is 1.00. The van der Waals surface area contributed by atoms with Gasteiger partial charge in [0.15, 0.2) is 0 Å². The second kappa shape index (κ2) is 3.21. The third kappa shape index (κ3) is 1.45. The molecule has 2 bridgehead atoms. The maximum absolute atomic E-state index is 5.47. The molecule has 0 N–H and O–H groups in total. The summed E-state index contributed by atoms with van der Waals surface area (Å²) in [7, 11) is 0. The topological polar surface area (TPSA) is 9.23 Å². The van der Waals surface area contributed by atoms with Gasteiger partial charge in [-0.15, -0.1) is 0 Å². The van der Waals surface area contributed by atoms with Crippen molar-refractivity contribution in [1.29, 1.82) is 0 Å². The second-order valence-corrected chi connectivity index (χ2v) is 2.53. The molecule has 0 unspecified atom stereocenters. The predicted molar refractivity (Wildman–Crippen MR) is 38.5 cm³/mol. The number of rotatable bonds is 0. The first-order chi connectivity index (χ1) is 4.45. The first-order valence-corrected chi connectivity index (χ1v) is 4.10. The van der Waals surface area contributed by atoms with Gasteiger partial charge in [0.2, 0.25) is 0 Å². The van der Waals surface area contributed by atoms with Crippen molar-refractivity contribution in [3.63, 3.8) is 0 Å². The molecule has 0 atom stereocenters. The Labute approximate surface area is 57.4 Å². The Kier molecular flexibility index (Phi) is 2.52. The van der Waals surface area contributed by atoms with Gasteiger partial charge in [-0.1, -0.05) is 13.8 Å². The van der Waals surface area contributed by atoms with Crippen molar-refractivity contribution in [2.24, 2.45) is 0 Å². The van der Waals surface area contributed by atoms with E-state index in [9.17, 15) is 0 Å². The standard InChI is InChI=1S/C6H10O.C2H6/c1-2-6-4-3-5(1)7-6;1-2/h5-6H,1-4H2;1-2H3. The number of hydrogen-bond donors (Lipinski definition) is 0. The molecular weight excluding hydrogens is 112 g/mol. The maximum Gasteiger partial charge on any atom is 0.0580 e. The minimum Gasteiger partial charge on any atom is -0.375 e. The lowest BCUT2D eigenvalue weighted by molar-refractivity contribution is 0.105. The van der Waals surface area contributed by atoms with Gasteiger partial charge in [-0.3, -0.25) is 0 Å². The normalized spacial score (nSPS) is 38.0. The Bertz CT molecular complexity index is 62.6. The molecule has 2 saturated heterocycles. The Hall–Kier alpha value is -0.0400. The van der Waals surface area contributed by atoms with Crippen LogP contribution in [0.5, 0.6) is 0 Å². The largest absolute Gasteiger partial charge is 0.375 e. The van der Waals surface area contributed by atoms with Crippen LogP contribution in [0, 0.1) is 0 Å². The van der Waals surface area contributed by atoms with E-state index in [1.807, 2.05) is 13.8 Å². The number of ether oxygens (including phenoxy) is 1. The summed E-state index contributed by atoms with van der Waals surface area (Å²) in [6.45, 7) is 4.00. The molecule has 0 aliphatic carbocycles. The lowest BCUT2D eigenvalue weighted by Gasteiger charge is -2.00. The quantitative estimate of drug-likeness (QED) is 0.486. The van der Waals surface area contributed by atoms with Crippen LogP contribution in [0.2, 0.25) is 0 Å². The van der Waals surface area contributed by atoms with Crippen LogP contribution in [0.25, 0.3) is 0 Å². The van der Waals surface area contributed by atoms with E-state index in [0.29, 0.717) is 12.2 Å². The van der Waals surface area contributed by atoms with Crippen molar-refractivity contribution in [2.45, 2.75) is 51.7 Å². The van der Waals surface area contributed by atoms with E-state index in [2.05, 4.69) is 0 Å². The molecular formula is C8H16O. The zero-order valence-electron chi connectivity index (χ0n) is 6.39. The molecule has 54 valence electrons. The van der Waals surface area contributed by atoms with E-state index in [1.54, 1.807) is 0 Å². The van der Waals surface area contributed by atoms with Gasteiger partial charge in [-0.25, -0.2) is 0 Å². The van der Waals surface area contributed by atoms with Crippen LogP contribution in [0.4, 0.5) is 0 Å². The lowest BCUT2D eigenvalue weighted by Crippen LogP contribution is -1.98. The third-order valence-corrected chi connectivity index (χ3v) is 2.01. The van der Waals surface area contributed by atoms with Crippen molar-refractivity contribution in [2.75, 3.05) is 0 Å². The van der Waals surface area contributed by atoms with E-state index < -0.39 is 0 Å². The van der Waals surface area contributed by atoms with Crippen LogP contribution in [-0.4, -0.2) is 12.2 Å². The minimum absolute atomic E-state index is 0.671. The molecule has 1 heteroatoms. The Morgan fingerprint density at radius 3 is 1.33 bits per heavy atom. The molecule has 0 spiro atoms. The molecule has 1 nitrogen and oxygen atoms in total. The molecule has 2 rings (SSSR count). The number of hydrogen-bond acceptors (Lipinski definition) is 1. The predicted octanol–water partition coefficient (Wildman–Crippen LogP) is 2.35. The van der Waals surface area contributed by atoms with Crippen LogP contribution < -0.4 is 0 Å². The highest BCUT2D eigenvalue weighted by molar-refractivity contribution is 4.81. The van der Waals surface area contributed by atoms with Gasteiger partial charge in [-0.2, -0.15) is 0 Å². The van der Waals surface area contributed by atoms with Crippen LogP contribution >= 0.6 is 0 Å². The summed E-state index contributed by atoms with van der Waals surface area (Å²) < 4.78 is 5.47. The molecule has 0 saturated carbocycles. The summed E-state index contributed by atoms with van der Waals surface area (Å²) >= 11 is 0. The highest BCUT2D eigenvalue weighted by Crippen LogP contribution is 2.33. The van der Waals surface area contributed by atoms with E-state index in [0.717, 1.165) is 0 Å². The van der Waals surface area contributed by atoms with Crippen molar-refractivity contribution in [3.05, 3.63) is 0 Å². The van der Waals surface area contributed by atoms with Gasteiger partial charge in [-0.05, 0) is 25.7 Å². The highest BCUT2D eigenvalue weighted by atomic mass is 16.5. The van der Waals surface area contributed by atoms with Crippen LogP contribution in [0.15, 0.2) is 0 Å². The van der Waals surface area contributed by atoms with Crippen LogP contribution in [0.3, 0.4) is 0 Å². The molecule has 2 heterocycles. The Morgan fingerprint density at radius 2 is 1.22 bits per heavy atom. The zero-order chi connectivity index (χ0) is 6.69. The van der Waals surface area contributed by atoms with Gasteiger partial charge in [0.1, 0.15) is 0 Å². The molecule has 0 aromatic rings. The van der Waals surface area contributed by atoms with Crippen LogP contribution in [-0.2, 0) is 4.74 Å². The van der Waals surface area contributed by atoms with E-state index in [4.69, 9.17) is 4.74 Å². The second-order valence-electron chi connectivity index (χ2n) is 2.53.